The third-order valence-electron chi connectivity index (χ3n) is 1.09. The number of aryl methyl sites for hydroxylation is 1. The van der Waals surface area contributed by atoms with E-state index in [2.05, 4.69) is 9.89 Å². The highest BCUT2D eigenvalue weighted by atomic mass is 16.5. The average molecular weight is 185 g/mol. The van der Waals surface area contributed by atoms with Crippen LogP contribution in [0.2, 0.25) is 0 Å². The summed E-state index contributed by atoms with van der Waals surface area (Å²) in [6, 6.07) is 1.73. The van der Waals surface area contributed by atoms with Gasteiger partial charge in [0.1, 0.15) is 0 Å². The van der Waals surface area contributed by atoms with Gasteiger partial charge in [0.05, 0.1) is 5.69 Å². The number of carbonyl (C=O) groups is 1. The third-order valence-corrected chi connectivity index (χ3v) is 1.09. The van der Waals surface area contributed by atoms with Gasteiger partial charge in [0.15, 0.2) is 12.4 Å². The zero-order chi connectivity index (χ0) is 10.3. The molecule has 1 aromatic rings. The van der Waals surface area contributed by atoms with Gasteiger partial charge in [-0.1, -0.05) is 19.0 Å². The van der Waals surface area contributed by atoms with Gasteiger partial charge in [-0.05, 0) is 6.92 Å². The van der Waals surface area contributed by atoms with E-state index in [4.69, 9.17) is 4.52 Å². The second-order valence-electron chi connectivity index (χ2n) is 2.21. The van der Waals surface area contributed by atoms with Crippen LogP contribution in [0.1, 0.15) is 32.2 Å². The molecule has 1 rings (SSSR count). The predicted octanol–water partition coefficient (Wildman–Crippen LogP) is 2.07. The third kappa shape index (κ3) is 5.00. The molecule has 0 fully saturated rings. The molecule has 4 nitrogen and oxygen atoms in total. The highest BCUT2D eigenvalue weighted by Gasteiger charge is 2.01. The van der Waals surface area contributed by atoms with Crippen molar-refractivity contribution >= 4 is 5.97 Å². The quantitative estimate of drug-likeness (QED) is 0.662. The van der Waals surface area contributed by atoms with Crippen molar-refractivity contribution in [1.82, 2.24) is 5.16 Å². The normalized spacial score (nSPS) is 8.62. The number of rotatable bonds is 2. The molecular weight excluding hydrogens is 170 g/mol. The van der Waals surface area contributed by atoms with Crippen molar-refractivity contribution in [3.63, 3.8) is 0 Å². The lowest BCUT2D eigenvalue weighted by molar-refractivity contribution is -0.142. The van der Waals surface area contributed by atoms with Crippen molar-refractivity contribution in [1.29, 1.82) is 0 Å². The molecule has 0 amide bonds. The van der Waals surface area contributed by atoms with Gasteiger partial charge in [0.2, 0.25) is 0 Å². The van der Waals surface area contributed by atoms with Gasteiger partial charge in [-0.3, -0.25) is 4.79 Å². The van der Waals surface area contributed by atoms with Crippen LogP contribution >= 0.6 is 0 Å². The SMILES string of the molecule is CC.CC(=O)OCc1cc(C)no1. The first-order valence-electron chi connectivity index (χ1n) is 4.24. The van der Waals surface area contributed by atoms with Gasteiger partial charge < -0.3 is 9.26 Å². The van der Waals surface area contributed by atoms with Crippen LogP contribution in [0.15, 0.2) is 10.6 Å². The number of esters is 1. The van der Waals surface area contributed by atoms with Gasteiger partial charge >= 0.3 is 5.97 Å². The van der Waals surface area contributed by atoms with E-state index in [1.165, 1.54) is 6.92 Å². The first-order valence-corrected chi connectivity index (χ1v) is 4.24. The van der Waals surface area contributed by atoms with Crippen molar-refractivity contribution in [2.24, 2.45) is 0 Å². The van der Waals surface area contributed by atoms with E-state index in [0.717, 1.165) is 5.69 Å². The number of hydrogen-bond donors (Lipinski definition) is 0. The summed E-state index contributed by atoms with van der Waals surface area (Å²) in [5.74, 6) is 0.247. The van der Waals surface area contributed by atoms with E-state index in [0.29, 0.717) is 5.76 Å². The molecule has 0 radical (unpaired) electrons. The van der Waals surface area contributed by atoms with Crippen LogP contribution in [-0.2, 0) is 16.1 Å². The Labute approximate surface area is 77.9 Å². The lowest BCUT2D eigenvalue weighted by Gasteiger charge is -1.94. The molecule has 0 N–H and O–H groups in total. The molecule has 4 heteroatoms. The number of ether oxygens (including phenoxy) is 1. The average Bonchev–Trinajstić information content (AvgIpc) is 2.52. The van der Waals surface area contributed by atoms with Crippen molar-refractivity contribution in [3.8, 4) is 0 Å². The summed E-state index contributed by atoms with van der Waals surface area (Å²) >= 11 is 0. The molecule has 0 aromatic carbocycles. The highest BCUT2D eigenvalue weighted by molar-refractivity contribution is 5.65. The lowest BCUT2D eigenvalue weighted by Crippen LogP contribution is -1.97. The first-order chi connectivity index (χ1) is 6.18. The van der Waals surface area contributed by atoms with Crippen molar-refractivity contribution in [2.45, 2.75) is 34.3 Å². The van der Waals surface area contributed by atoms with Crippen LogP contribution in [0.3, 0.4) is 0 Å². The second kappa shape index (κ2) is 6.22. The van der Waals surface area contributed by atoms with Gasteiger partial charge in [0.25, 0.3) is 0 Å². The largest absolute Gasteiger partial charge is 0.458 e. The van der Waals surface area contributed by atoms with Crippen LogP contribution in [0.5, 0.6) is 0 Å². The molecule has 0 saturated heterocycles. The summed E-state index contributed by atoms with van der Waals surface area (Å²) < 4.78 is 9.46. The molecule has 74 valence electrons. The molecule has 1 aromatic heterocycles. The minimum absolute atomic E-state index is 0.163. The number of carbonyl (C=O) groups excluding carboxylic acids is 1. The molecule has 0 unspecified atom stereocenters. The minimum atomic E-state index is -0.320. The lowest BCUT2D eigenvalue weighted by atomic mass is 10.4. The minimum Gasteiger partial charge on any atom is -0.458 e. The van der Waals surface area contributed by atoms with Crippen LogP contribution in [0.4, 0.5) is 0 Å². The Morgan fingerprint density at radius 3 is 2.62 bits per heavy atom. The van der Waals surface area contributed by atoms with Crippen molar-refractivity contribution in [3.05, 3.63) is 17.5 Å². The van der Waals surface area contributed by atoms with Crippen LogP contribution in [-0.4, -0.2) is 11.1 Å². The fraction of sp³-hybridized carbons (Fsp3) is 0.556. The summed E-state index contributed by atoms with van der Waals surface area (Å²) in [6.07, 6.45) is 0. The summed E-state index contributed by atoms with van der Waals surface area (Å²) in [7, 11) is 0. The molecular formula is C9H15NO3. The Balaban J connectivity index is 0.000000671. The Hall–Kier alpha value is -1.32. The molecule has 0 aliphatic carbocycles. The molecule has 0 atom stereocenters. The van der Waals surface area contributed by atoms with Gasteiger partial charge in [-0.15, -0.1) is 0 Å². The van der Waals surface area contributed by atoms with E-state index in [-0.39, 0.29) is 12.6 Å². The number of nitrogens with zero attached hydrogens (tertiary/aromatic N) is 1. The van der Waals surface area contributed by atoms with Crippen molar-refractivity contribution in [2.75, 3.05) is 0 Å². The maximum Gasteiger partial charge on any atom is 0.303 e. The standard InChI is InChI=1S/C7H9NO3.C2H6/c1-5-3-7(11-8-5)4-10-6(2)9;1-2/h3H,4H2,1-2H3;1-2H3. The summed E-state index contributed by atoms with van der Waals surface area (Å²) in [5.41, 5.74) is 0.784. The summed E-state index contributed by atoms with van der Waals surface area (Å²) in [4.78, 5) is 10.3. The predicted molar refractivity (Wildman–Crippen MR) is 48.1 cm³/mol. The second-order valence-corrected chi connectivity index (χ2v) is 2.21. The Kier molecular flexibility index (Phi) is 5.59. The summed E-state index contributed by atoms with van der Waals surface area (Å²) in [5, 5.41) is 3.63. The first kappa shape index (κ1) is 11.7. The van der Waals surface area contributed by atoms with Crippen LogP contribution in [0.25, 0.3) is 0 Å². The fourth-order valence-corrected chi connectivity index (χ4v) is 0.657. The van der Waals surface area contributed by atoms with E-state index >= 15 is 0 Å². The van der Waals surface area contributed by atoms with Crippen LogP contribution in [0, 0.1) is 6.92 Å². The maximum absolute atomic E-state index is 10.3. The monoisotopic (exact) mass is 185 g/mol. The Morgan fingerprint density at radius 2 is 2.23 bits per heavy atom. The topological polar surface area (TPSA) is 52.3 Å². The molecule has 0 aliphatic heterocycles. The molecule has 1 heterocycles. The number of aromatic nitrogens is 1. The Morgan fingerprint density at radius 1 is 1.62 bits per heavy atom. The molecule has 0 spiro atoms. The van der Waals surface area contributed by atoms with Gasteiger partial charge in [0, 0.05) is 13.0 Å². The van der Waals surface area contributed by atoms with E-state index in [1.54, 1.807) is 13.0 Å². The van der Waals surface area contributed by atoms with Gasteiger partial charge in [-0.2, -0.15) is 0 Å². The van der Waals surface area contributed by atoms with Gasteiger partial charge in [-0.25, -0.2) is 0 Å². The van der Waals surface area contributed by atoms with E-state index < -0.39 is 0 Å². The molecule has 0 aliphatic rings. The fourth-order valence-electron chi connectivity index (χ4n) is 0.657. The molecule has 13 heavy (non-hydrogen) atoms. The molecule has 0 saturated carbocycles. The molecule has 0 bridgehead atoms. The Bertz CT molecular complexity index is 255. The maximum atomic E-state index is 10.3. The zero-order valence-corrected chi connectivity index (χ0v) is 8.46. The summed E-state index contributed by atoms with van der Waals surface area (Å²) in [6.45, 7) is 7.32. The number of hydrogen-bond acceptors (Lipinski definition) is 4. The smallest absolute Gasteiger partial charge is 0.303 e. The zero-order valence-electron chi connectivity index (χ0n) is 8.46. The van der Waals surface area contributed by atoms with Crippen LogP contribution < -0.4 is 0 Å². The van der Waals surface area contributed by atoms with E-state index in [9.17, 15) is 4.79 Å². The highest BCUT2D eigenvalue weighted by Crippen LogP contribution is 2.03. The van der Waals surface area contributed by atoms with Crippen molar-refractivity contribution < 1.29 is 14.1 Å². The van der Waals surface area contributed by atoms with E-state index in [1.807, 2.05) is 13.8 Å².